The van der Waals surface area contributed by atoms with E-state index in [0.717, 1.165) is 5.01 Å². The van der Waals surface area contributed by atoms with Crippen molar-refractivity contribution >= 4 is 11.3 Å². The molecule has 1 aromatic carbocycles. The van der Waals surface area contributed by atoms with Gasteiger partial charge in [-0.15, -0.1) is 11.3 Å². The summed E-state index contributed by atoms with van der Waals surface area (Å²) in [5, 5.41) is 6.45. The van der Waals surface area contributed by atoms with Gasteiger partial charge >= 0.3 is 0 Å². The molecule has 5 nitrogen and oxygen atoms in total. The summed E-state index contributed by atoms with van der Waals surface area (Å²) in [5.41, 5.74) is 6.63. The van der Waals surface area contributed by atoms with Gasteiger partial charge in [0.25, 0.3) is 5.89 Å². The van der Waals surface area contributed by atoms with Crippen molar-refractivity contribution in [3.05, 3.63) is 51.9 Å². The molecule has 0 aliphatic rings. The lowest BCUT2D eigenvalue weighted by Gasteiger charge is -1.97. The molecule has 0 bridgehead atoms. The molecular formula is C13H11FN4OS. The van der Waals surface area contributed by atoms with Crippen molar-refractivity contribution in [1.82, 2.24) is 15.1 Å². The smallest absolute Gasteiger partial charge is 0.277 e. The average Bonchev–Trinajstić information content (AvgIpc) is 3.10. The molecule has 0 fully saturated rings. The quantitative estimate of drug-likeness (QED) is 0.798. The zero-order valence-electron chi connectivity index (χ0n) is 10.4. The van der Waals surface area contributed by atoms with E-state index in [9.17, 15) is 4.39 Å². The van der Waals surface area contributed by atoms with E-state index >= 15 is 0 Å². The summed E-state index contributed by atoms with van der Waals surface area (Å²) in [6.45, 7) is 0.376. The molecule has 0 radical (unpaired) electrons. The van der Waals surface area contributed by atoms with Gasteiger partial charge in [0.05, 0.1) is 0 Å². The Hall–Kier alpha value is -2.12. The van der Waals surface area contributed by atoms with Crippen LogP contribution in [0.2, 0.25) is 0 Å². The first kappa shape index (κ1) is 12.9. The Morgan fingerprint density at radius 1 is 1.25 bits per heavy atom. The molecule has 2 heterocycles. The number of nitrogens with zero attached hydrogens (tertiary/aromatic N) is 3. The summed E-state index contributed by atoms with van der Waals surface area (Å²) in [6.07, 6.45) is 0.282. The third-order valence-corrected chi connectivity index (χ3v) is 3.59. The molecule has 0 unspecified atom stereocenters. The fraction of sp³-hybridized carbons (Fsp3) is 0.154. The van der Waals surface area contributed by atoms with E-state index in [1.165, 1.54) is 17.4 Å². The van der Waals surface area contributed by atoms with Gasteiger partial charge in [-0.1, -0.05) is 23.4 Å². The molecule has 0 aliphatic heterocycles. The standard InChI is InChI=1S/C13H11FN4OS/c14-9-4-2-1-3-8(9)5-11-17-13(19-18-11)10-7-20-12(6-15)16-10/h1-4,7H,5-6,15H2. The zero-order valence-corrected chi connectivity index (χ0v) is 11.2. The van der Waals surface area contributed by atoms with Gasteiger partial charge in [-0.3, -0.25) is 0 Å². The number of benzene rings is 1. The first-order valence-corrected chi connectivity index (χ1v) is 6.85. The minimum absolute atomic E-state index is 0.280. The van der Waals surface area contributed by atoms with Crippen LogP contribution < -0.4 is 5.73 Å². The minimum Gasteiger partial charge on any atom is -0.332 e. The highest BCUT2D eigenvalue weighted by atomic mass is 32.1. The van der Waals surface area contributed by atoms with Crippen LogP contribution in [0.3, 0.4) is 0 Å². The molecule has 3 rings (SSSR count). The van der Waals surface area contributed by atoms with Crippen molar-refractivity contribution in [1.29, 1.82) is 0 Å². The number of rotatable bonds is 4. The Kier molecular flexibility index (Phi) is 3.53. The van der Waals surface area contributed by atoms with Gasteiger partial charge in [0, 0.05) is 18.3 Å². The molecular weight excluding hydrogens is 279 g/mol. The molecule has 7 heteroatoms. The van der Waals surface area contributed by atoms with Crippen LogP contribution in [0.4, 0.5) is 4.39 Å². The highest BCUT2D eigenvalue weighted by molar-refractivity contribution is 7.09. The number of hydrogen-bond acceptors (Lipinski definition) is 6. The molecule has 2 N–H and O–H groups in total. The largest absolute Gasteiger partial charge is 0.332 e. The average molecular weight is 290 g/mol. The van der Waals surface area contributed by atoms with Crippen LogP contribution in [0.15, 0.2) is 34.2 Å². The zero-order chi connectivity index (χ0) is 13.9. The molecule has 3 aromatic rings. The van der Waals surface area contributed by atoms with E-state index in [0.29, 0.717) is 29.5 Å². The maximum absolute atomic E-state index is 13.5. The van der Waals surface area contributed by atoms with Crippen LogP contribution in [-0.2, 0) is 13.0 Å². The predicted molar refractivity (Wildman–Crippen MR) is 72.5 cm³/mol. The number of halogens is 1. The Labute approximate surface area is 118 Å². The van der Waals surface area contributed by atoms with Crippen LogP contribution in [0.25, 0.3) is 11.6 Å². The van der Waals surface area contributed by atoms with Crippen LogP contribution in [0.1, 0.15) is 16.4 Å². The van der Waals surface area contributed by atoms with Crippen molar-refractivity contribution in [3.63, 3.8) is 0 Å². The second-order valence-electron chi connectivity index (χ2n) is 4.11. The van der Waals surface area contributed by atoms with E-state index in [1.807, 2.05) is 5.38 Å². The van der Waals surface area contributed by atoms with E-state index in [2.05, 4.69) is 15.1 Å². The van der Waals surface area contributed by atoms with Gasteiger partial charge in [0.1, 0.15) is 16.5 Å². The third-order valence-electron chi connectivity index (χ3n) is 2.72. The molecule has 0 saturated heterocycles. The van der Waals surface area contributed by atoms with E-state index in [4.69, 9.17) is 10.3 Å². The van der Waals surface area contributed by atoms with E-state index < -0.39 is 0 Å². The lowest BCUT2D eigenvalue weighted by atomic mass is 10.1. The fourth-order valence-electron chi connectivity index (χ4n) is 1.74. The van der Waals surface area contributed by atoms with Crippen LogP contribution in [-0.4, -0.2) is 15.1 Å². The molecule has 0 saturated carbocycles. The van der Waals surface area contributed by atoms with Crippen LogP contribution in [0, 0.1) is 5.82 Å². The summed E-state index contributed by atoms with van der Waals surface area (Å²) in [7, 11) is 0. The van der Waals surface area contributed by atoms with Crippen LogP contribution >= 0.6 is 11.3 Å². The van der Waals surface area contributed by atoms with Crippen molar-refractivity contribution < 1.29 is 8.91 Å². The number of hydrogen-bond donors (Lipinski definition) is 1. The normalized spacial score (nSPS) is 10.9. The molecule has 0 aliphatic carbocycles. The highest BCUT2D eigenvalue weighted by Crippen LogP contribution is 2.21. The van der Waals surface area contributed by atoms with Gasteiger partial charge in [-0.05, 0) is 11.6 Å². The highest BCUT2D eigenvalue weighted by Gasteiger charge is 2.13. The monoisotopic (exact) mass is 290 g/mol. The maximum atomic E-state index is 13.5. The topological polar surface area (TPSA) is 77.8 Å². The van der Waals surface area contributed by atoms with Crippen molar-refractivity contribution in [2.24, 2.45) is 5.73 Å². The number of nitrogens with two attached hydrogens (primary N) is 1. The lowest BCUT2D eigenvalue weighted by Crippen LogP contribution is -1.95. The molecule has 2 aromatic heterocycles. The summed E-state index contributed by atoms with van der Waals surface area (Å²) in [6, 6.07) is 6.52. The molecule has 0 spiro atoms. The van der Waals surface area contributed by atoms with Crippen molar-refractivity contribution in [3.8, 4) is 11.6 Å². The SMILES string of the molecule is NCc1nc(-c2nc(Cc3ccccc3F)no2)cs1. The van der Waals surface area contributed by atoms with Crippen LogP contribution in [0.5, 0.6) is 0 Å². The Morgan fingerprint density at radius 2 is 2.10 bits per heavy atom. The maximum Gasteiger partial charge on any atom is 0.277 e. The molecule has 102 valence electrons. The Balaban J connectivity index is 1.82. The number of thiazole rings is 1. The first-order valence-electron chi connectivity index (χ1n) is 5.97. The molecule has 0 atom stereocenters. The van der Waals surface area contributed by atoms with E-state index in [-0.39, 0.29) is 12.2 Å². The van der Waals surface area contributed by atoms with E-state index in [1.54, 1.807) is 18.2 Å². The van der Waals surface area contributed by atoms with Gasteiger partial charge < -0.3 is 10.3 Å². The van der Waals surface area contributed by atoms with Crippen molar-refractivity contribution in [2.75, 3.05) is 0 Å². The summed E-state index contributed by atoms with van der Waals surface area (Å²) < 4.78 is 18.7. The van der Waals surface area contributed by atoms with Gasteiger partial charge in [0.2, 0.25) is 0 Å². The van der Waals surface area contributed by atoms with Gasteiger partial charge in [-0.25, -0.2) is 9.37 Å². The number of aromatic nitrogens is 3. The second-order valence-corrected chi connectivity index (χ2v) is 5.06. The third kappa shape index (κ3) is 2.59. The fourth-order valence-corrected chi connectivity index (χ4v) is 2.39. The summed E-state index contributed by atoms with van der Waals surface area (Å²) >= 11 is 1.44. The van der Waals surface area contributed by atoms with Crippen molar-refractivity contribution in [2.45, 2.75) is 13.0 Å². The predicted octanol–water partition coefficient (Wildman–Crippen LogP) is 2.38. The first-order chi connectivity index (χ1) is 9.76. The lowest BCUT2D eigenvalue weighted by molar-refractivity contribution is 0.422. The Bertz CT molecular complexity index is 724. The molecule has 20 heavy (non-hydrogen) atoms. The van der Waals surface area contributed by atoms with Gasteiger partial charge in [0.15, 0.2) is 5.82 Å². The Morgan fingerprint density at radius 3 is 2.85 bits per heavy atom. The summed E-state index contributed by atoms with van der Waals surface area (Å²) in [4.78, 5) is 8.48. The summed E-state index contributed by atoms with van der Waals surface area (Å²) in [5.74, 6) is 0.470. The molecule has 0 amide bonds. The van der Waals surface area contributed by atoms with Gasteiger partial charge in [-0.2, -0.15) is 4.98 Å². The minimum atomic E-state index is -0.280. The second kappa shape index (κ2) is 5.48.